The number of benzene rings is 2. The van der Waals surface area contributed by atoms with Crippen molar-refractivity contribution in [3.05, 3.63) is 72.0 Å². The van der Waals surface area contributed by atoms with Crippen LogP contribution in [-0.2, 0) is 16.2 Å². The van der Waals surface area contributed by atoms with Gasteiger partial charge in [0.15, 0.2) is 5.69 Å². The first-order valence-electron chi connectivity index (χ1n) is 8.59. The molecule has 0 amide bonds. The van der Waals surface area contributed by atoms with E-state index in [1.54, 1.807) is 35.8 Å². The molecule has 0 fully saturated rings. The molecule has 31 heavy (non-hydrogen) atoms. The quantitative estimate of drug-likeness (QED) is 0.468. The molecule has 0 aliphatic rings. The number of sulfonamides is 1. The number of ether oxygens (including phenoxy) is 1. The van der Waals surface area contributed by atoms with Gasteiger partial charge in [-0.25, -0.2) is 23.2 Å². The lowest BCUT2D eigenvalue weighted by Gasteiger charge is -2.11. The molecule has 0 aliphatic carbocycles. The monoisotopic (exact) mass is 466 g/mol. The van der Waals surface area contributed by atoms with E-state index in [4.69, 9.17) is 9.88 Å². The molecule has 0 bridgehead atoms. The molecule has 160 valence electrons. The molecule has 0 unspecified atom stereocenters. The number of rotatable bonds is 5. The van der Waals surface area contributed by atoms with Gasteiger partial charge in [-0.1, -0.05) is 0 Å². The summed E-state index contributed by atoms with van der Waals surface area (Å²) in [5, 5.41) is 11.0. The topological polar surface area (TPSA) is 100 Å². The minimum atomic E-state index is -4.52. The number of hydrogen-bond acceptors (Lipinski definition) is 6. The summed E-state index contributed by atoms with van der Waals surface area (Å²) in [5.41, 5.74) is -0.267. The molecule has 4 rings (SSSR count). The highest BCUT2D eigenvalue weighted by Crippen LogP contribution is 2.34. The summed E-state index contributed by atoms with van der Waals surface area (Å²) in [6.07, 6.45) is -1.77. The third-order valence-corrected chi connectivity index (χ3v) is 5.91. The van der Waals surface area contributed by atoms with Crippen molar-refractivity contribution < 1.29 is 26.3 Å². The first-order valence-corrected chi connectivity index (χ1v) is 11.0. The summed E-state index contributed by atoms with van der Waals surface area (Å²) < 4.78 is 68.8. The Morgan fingerprint density at radius 1 is 1.03 bits per heavy atom. The van der Waals surface area contributed by atoms with Crippen LogP contribution in [0.4, 0.5) is 13.2 Å². The fourth-order valence-electron chi connectivity index (χ4n) is 2.77. The van der Waals surface area contributed by atoms with E-state index in [0.29, 0.717) is 27.8 Å². The third-order valence-electron chi connectivity index (χ3n) is 4.14. The van der Waals surface area contributed by atoms with Crippen molar-refractivity contribution in [3.63, 3.8) is 0 Å². The largest absolute Gasteiger partial charge is 0.457 e. The molecular weight excluding hydrogens is 453 g/mol. The fourth-order valence-corrected chi connectivity index (χ4v) is 4.22. The Hall–Kier alpha value is -3.22. The van der Waals surface area contributed by atoms with Gasteiger partial charge in [-0.3, -0.25) is 0 Å². The van der Waals surface area contributed by atoms with E-state index < -0.39 is 21.9 Å². The van der Waals surface area contributed by atoms with E-state index in [9.17, 15) is 21.6 Å². The lowest BCUT2D eigenvalue weighted by molar-refractivity contribution is -0.141. The zero-order valence-electron chi connectivity index (χ0n) is 15.4. The molecule has 0 spiro atoms. The van der Waals surface area contributed by atoms with Gasteiger partial charge in [0, 0.05) is 23.3 Å². The lowest BCUT2D eigenvalue weighted by Crippen LogP contribution is -2.13. The molecule has 2 heterocycles. The molecule has 0 radical (unpaired) electrons. The molecule has 2 aromatic carbocycles. The zero-order valence-corrected chi connectivity index (χ0v) is 17.1. The third kappa shape index (κ3) is 4.60. The van der Waals surface area contributed by atoms with E-state index >= 15 is 0 Å². The number of hydrogen-bond donors (Lipinski definition) is 1. The van der Waals surface area contributed by atoms with Crippen molar-refractivity contribution in [2.75, 3.05) is 0 Å². The second-order valence-electron chi connectivity index (χ2n) is 6.28. The van der Waals surface area contributed by atoms with Crippen LogP contribution in [0.5, 0.6) is 11.5 Å². The summed E-state index contributed by atoms with van der Waals surface area (Å²) >= 11 is 1.25. The Morgan fingerprint density at radius 2 is 1.74 bits per heavy atom. The standard InChI is InChI=1S/C19H13F3N4O3S2/c20-19(21,22)17-7-9-26(25-17)12-1-3-13(4-2-12)29-14-5-6-16(31(23,27)28)15(11-14)18-24-8-10-30-18/h1-11H,(H2,23,27,28). The number of nitrogens with zero attached hydrogens (tertiary/aromatic N) is 3. The Bertz CT molecular complexity index is 1320. The predicted molar refractivity (Wildman–Crippen MR) is 108 cm³/mol. The number of nitrogens with two attached hydrogens (primary N) is 1. The summed E-state index contributed by atoms with van der Waals surface area (Å²) in [4.78, 5) is 4.05. The zero-order chi connectivity index (χ0) is 22.2. The highest BCUT2D eigenvalue weighted by Gasteiger charge is 2.33. The molecule has 0 atom stereocenters. The molecule has 12 heteroatoms. The maximum atomic E-state index is 12.7. The summed E-state index contributed by atoms with van der Waals surface area (Å²) in [6, 6.07) is 11.4. The summed E-state index contributed by atoms with van der Waals surface area (Å²) in [6.45, 7) is 0. The molecule has 0 saturated carbocycles. The van der Waals surface area contributed by atoms with Crippen LogP contribution in [0.2, 0.25) is 0 Å². The average molecular weight is 466 g/mol. The van der Waals surface area contributed by atoms with E-state index in [-0.39, 0.29) is 4.90 Å². The number of thiazole rings is 1. The number of primary sulfonamides is 1. The second-order valence-corrected chi connectivity index (χ2v) is 8.70. The Morgan fingerprint density at radius 3 is 2.32 bits per heavy atom. The van der Waals surface area contributed by atoms with E-state index in [2.05, 4.69) is 10.1 Å². The average Bonchev–Trinajstić information content (AvgIpc) is 3.40. The highest BCUT2D eigenvalue weighted by atomic mass is 32.2. The summed E-state index contributed by atoms with van der Waals surface area (Å²) in [5.74, 6) is 0.726. The fraction of sp³-hybridized carbons (Fsp3) is 0.0526. The van der Waals surface area contributed by atoms with Gasteiger partial charge in [-0.05, 0) is 48.5 Å². The number of aromatic nitrogens is 3. The minimum absolute atomic E-state index is 0.0794. The van der Waals surface area contributed by atoms with Crippen LogP contribution in [0.3, 0.4) is 0 Å². The van der Waals surface area contributed by atoms with Crippen LogP contribution in [0, 0.1) is 0 Å². The molecule has 4 aromatic rings. The normalized spacial score (nSPS) is 12.1. The highest BCUT2D eigenvalue weighted by molar-refractivity contribution is 7.89. The van der Waals surface area contributed by atoms with Crippen LogP contribution in [-0.4, -0.2) is 23.2 Å². The van der Waals surface area contributed by atoms with Crippen LogP contribution >= 0.6 is 11.3 Å². The maximum absolute atomic E-state index is 12.7. The molecule has 0 saturated heterocycles. The Balaban J connectivity index is 1.60. The van der Waals surface area contributed by atoms with Gasteiger partial charge >= 0.3 is 6.18 Å². The van der Waals surface area contributed by atoms with Crippen LogP contribution in [0.15, 0.2) is 71.2 Å². The van der Waals surface area contributed by atoms with Crippen molar-refractivity contribution in [2.24, 2.45) is 5.14 Å². The van der Waals surface area contributed by atoms with Gasteiger partial charge in [0.2, 0.25) is 10.0 Å². The summed E-state index contributed by atoms with van der Waals surface area (Å²) in [7, 11) is -3.97. The van der Waals surface area contributed by atoms with Gasteiger partial charge in [-0.15, -0.1) is 11.3 Å². The van der Waals surface area contributed by atoms with Gasteiger partial charge in [0.25, 0.3) is 0 Å². The van der Waals surface area contributed by atoms with Crippen LogP contribution < -0.4 is 9.88 Å². The van der Waals surface area contributed by atoms with E-state index in [1.165, 1.54) is 35.7 Å². The lowest BCUT2D eigenvalue weighted by atomic mass is 10.2. The maximum Gasteiger partial charge on any atom is 0.435 e. The smallest absolute Gasteiger partial charge is 0.435 e. The first-order chi connectivity index (χ1) is 14.6. The SMILES string of the molecule is NS(=O)(=O)c1ccc(Oc2ccc(-n3ccc(C(F)(F)F)n3)cc2)cc1-c1nccs1. The number of halogens is 3. The van der Waals surface area contributed by atoms with Gasteiger partial charge in [0.05, 0.1) is 10.6 Å². The molecule has 7 nitrogen and oxygen atoms in total. The van der Waals surface area contributed by atoms with Crippen molar-refractivity contribution in [3.8, 4) is 27.8 Å². The van der Waals surface area contributed by atoms with Crippen molar-refractivity contribution in [2.45, 2.75) is 11.1 Å². The predicted octanol–water partition coefficient (Wildman–Crippen LogP) is 4.45. The van der Waals surface area contributed by atoms with Crippen LogP contribution in [0.25, 0.3) is 16.3 Å². The second kappa shape index (κ2) is 7.80. The van der Waals surface area contributed by atoms with Crippen LogP contribution in [0.1, 0.15) is 5.69 Å². The van der Waals surface area contributed by atoms with Crippen molar-refractivity contribution in [1.29, 1.82) is 0 Å². The van der Waals surface area contributed by atoms with Crippen molar-refractivity contribution >= 4 is 21.4 Å². The number of alkyl halides is 3. The Labute approximate surface area is 178 Å². The molecular formula is C19H13F3N4O3S2. The van der Waals surface area contributed by atoms with Gasteiger partial charge < -0.3 is 4.74 Å². The minimum Gasteiger partial charge on any atom is -0.457 e. The van der Waals surface area contributed by atoms with Gasteiger partial charge in [0.1, 0.15) is 16.5 Å². The Kier molecular flexibility index (Phi) is 5.29. The van der Waals surface area contributed by atoms with Gasteiger partial charge in [-0.2, -0.15) is 18.3 Å². The molecule has 2 aromatic heterocycles. The first kappa shape index (κ1) is 21.0. The van der Waals surface area contributed by atoms with E-state index in [0.717, 1.165) is 10.7 Å². The van der Waals surface area contributed by atoms with E-state index in [1.807, 2.05) is 0 Å². The molecule has 2 N–H and O–H groups in total. The van der Waals surface area contributed by atoms with Crippen molar-refractivity contribution in [1.82, 2.24) is 14.8 Å². The molecule has 0 aliphatic heterocycles.